The summed E-state index contributed by atoms with van der Waals surface area (Å²) in [5, 5.41) is 4.52. The molecule has 1 aromatic rings. The maximum Gasteiger partial charge on any atom is 0.313 e. The third-order valence-corrected chi connectivity index (χ3v) is 3.54. The third-order valence-electron chi connectivity index (χ3n) is 3.54. The van der Waals surface area contributed by atoms with Crippen molar-refractivity contribution in [2.75, 3.05) is 13.2 Å². The van der Waals surface area contributed by atoms with E-state index < -0.39 is 5.41 Å². The summed E-state index contributed by atoms with van der Waals surface area (Å²) < 4.78 is 7.12. The number of hydrogen-bond donors (Lipinski definition) is 1. The van der Waals surface area contributed by atoms with E-state index in [1.165, 1.54) is 0 Å². The Morgan fingerprint density at radius 2 is 2.20 bits per heavy atom. The minimum absolute atomic E-state index is 0.205. The van der Waals surface area contributed by atoms with E-state index >= 15 is 0 Å². The van der Waals surface area contributed by atoms with Gasteiger partial charge in [0.05, 0.1) is 17.7 Å². The van der Waals surface area contributed by atoms with Gasteiger partial charge in [-0.1, -0.05) is 13.3 Å². The van der Waals surface area contributed by atoms with Crippen molar-refractivity contribution in [3.63, 3.8) is 0 Å². The first-order valence-electron chi connectivity index (χ1n) is 7.40. The van der Waals surface area contributed by atoms with Crippen LogP contribution in [0.15, 0.2) is 12.3 Å². The number of ether oxygens (including phenoxy) is 1. The Labute approximate surface area is 121 Å². The van der Waals surface area contributed by atoms with E-state index in [0.29, 0.717) is 19.1 Å². The van der Waals surface area contributed by atoms with Crippen LogP contribution in [0, 0.1) is 5.41 Å². The molecule has 20 heavy (non-hydrogen) atoms. The Hall–Kier alpha value is -1.36. The quantitative estimate of drug-likeness (QED) is 0.742. The maximum atomic E-state index is 12.3. The van der Waals surface area contributed by atoms with Gasteiger partial charge in [-0.15, -0.1) is 0 Å². The minimum atomic E-state index is -0.652. The summed E-state index contributed by atoms with van der Waals surface area (Å²) in [4.78, 5) is 12.3. The topological polar surface area (TPSA) is 70.1 Å². The molecule has 1 aromatic heterocycles. The van der Waals surface area contributed by atoms with Crippen molar-refractivity contribution in [1.29, 1.82) is 0 Å². The monoisotopic (exact) mass is 281 g/mol. The molecule has 0 aliphatic carbocycles. The van der Waals surface area contributed by atoms with Crippen LogP contribution in [0.25, 0.3) is 0 Å². The maximum absolute atomic E-state index is 12.3. The highest BCUT2D eigenvalue weighted by Gasteiger charge is 2.38. The lowest BCUT2D eigenvalue weighted by Gasteiger charge is -2.29. The standard InChI is InChI=1S/C15H27N3O2/c1-5-8-15(11-16,14(19)20-6-2)10-13-7-9-18(17-13)12(3)4/h7,9,12H,5-6,8,10-11,16H2,1-4H3. The van der Waals surface area contributed by atoms with Gasteiger partial charge in [0.15, 0.2) is 0 Å². The van der Waals surface area contributed by atoms with Gasteiger partial charge in [0.25, 0.3) is 0 Å². The van der Waals surface area contributed by atoms with Crippen LogP contribution in [0.2, 0.25) is 0 Å². The molecule has 1 atom stereocenters. The normalized spacial score (nSPS) is 14.3. The van der Waals surface area contributed by atoms with Gasteiger partial charge in [0.2, 0.25) is 0 Å². The molecule has 1 rings (SSSR count). The molecular formula is C15H27N3O2. The predicted octanol–water partition coefficient (Wildman–Crippen LogP) is 2.31. The number of rotatable bonds is 8. The molecule has 0 aliphatic rings. The zero-order valence-corrected chi connectivity index (χ0v) is 13.1. The molecule has 1 unspecified atom stereocenters. The van der Waals surface area contributed by atoms with Crippen LogP contribution in [-0.2, 0) is 16.0 Å². The van der Waals surface area contributed by atoms with E-state index in [2.05, 4.69) is 25.9 Å². The fraction of sp³-hybridized carbons (Fsp3) is 0.733. The average Bonchev–Trinajstić information content (AvgIpc) is 2.87. The summed E-state index contributed by atoms with van der Waals surface area (Å²) in [5.74, 6) is -0.205. The Morgan fingerprint density at radius 1 is 1.50 bits per heavy atom. The number of carbonyl (C=O) groups is 1. The molecule has 0 aliphatic heterocycles. The Kier molecular flexibility index (Phi) is 6.20. The molecule has 0 amide bonds. The molecule has 5 nitrogen and oxygen atoms in total. The lowest BCUT2D eigenvalue weighted by atomic mass is 9.79. The SMILES string of the molecule is CCCC(CN)(Cc1ccn(C(C)C)n1)C(=O)OCC. The van der Waals surface area contributed by atoms with E-state index in [-0.39, 0.29) is 12.5 Å². The summed E-state index contributed by atoms with van der Waals surface area (Å²) in [6.07, 6.45) is 4.09. The van der Waals surface area contributed by atoms with E-state index in [9.17, 15) is 4.79 Å². The summed E-state index contributed by atoms with van der Waals surface area (Å²) in [7, 11) is 0. The molecule has 0 fully saturated rings. The first kappa shape index (κ1) is 16.7. The summed E-state index contributed by atoms with van der Waals surface area (Å²) in [6.45, 7) is 8.68. The lowest BCUT2D eigenvalue weighted by Crippen LogP contribution is -2.42. The fourth-order valence-electron chi connectivity index (χ4n) is 2.39. The predicted molar refractivity (Wildman–Crippen MR) is 79.3 cm³/mol. The van der Waals surface area contributed by atoms with Gasteiger partial charge < -0.3 is 10.5 Å². The van der Waals surface area contributed by atoms with Crippen molar-refractivity contribution in [3.8, 4) is 0 Å². The van der Waals surface area contributed by atoms with Crippen LogP contribution in [0.1, 0.15) is 52.3 Å². The van der Waals surface area contributed by atoms with E-state index in [4.69, 9.17) is 10.5 Å². The highest BCUT2D eigenvalue weighted by Crippen LogP contribution is 2.29. The molecule has 0 bridgehead atoms. The first-order valence-corrected chi connectivity index (χ1v) is 7.40. The van der Waals surface area contributed by atoms with Crippen molar-refractivity contribution in [3.05, 3.63) is 18.0 Å². The van der Waals surface area contributed by atoms with Gasteiger partial charge in [0.1, 0.15) is 0 Å². The second-order valence-corrected chi connectivity index (χ2v) is 5.51. The number of nitrogens with two attached hydrogens (primary N) is 1. The first-order chi connectivity index (χ1) is 9.49. The number of hydrogen-bond acceptors (Lipinski definition) is 4. The molecule has 0 spiro atoms. The van der Waals surface area contributed by atoms with Crippen molar-refractivity contribution in [2.24, 2.45) is 11.1 Å². The van der Waals surface area contributed by atoms with Gasteiger partial charge in [-0.05, 0) is 33.3 Å². The molecule has 2 N–H and O–H groups in total. The third kappa shape index (κ3) is 3.82. The van der Waals surface area contributed by atoms with Gasteiger partial charge in [0, 0.05) is 25.2 Å². The second kappa shape index (κ2) is 7.43. The van der Waals surface area contributed by atoms with Crippen molar-refractivity contribution < 1.29 is 9.53 Å². The zero-order valence-electron chi connectivity index (χ0n) is 13.1. The second-order valence-electron chi connectivity index (χ2n) is 5.51. The molecule has 5 heteroatoms. The summed E-state index contributed by atoms with van der Waals surface area (Å²) in [5.41, 5.74) is 6.15. The van der Waals surface area contributed by atoms with Crippen LogP contribution < -0.4 is 5.73 Å². The molecule has 0 aromatic carbocycles. The van der Waals surface area contributed by atoms with Gasteiger partial charge in [-0.3, -0.25) is 9.48 Å². The molecule has 0 saturated heterocycles. The molecular weight excluding hydrogens is 254 g/mol. The van der Waals surface area contributed by atoms with Gasteiger partial charge in [-0.2, -0.15) is 5.10 Å². The zero-order chi connectivity index (χ0) is 15.2. The molecule has 0 saturated carbocycles. The largest absolute Gasteiger partial charge is 0.466 e. The van der Waals surface area contributed by atoms with Crippen LogP contribution in [0.3, 0.4) is 0 Å². The van der Waals surface area contributed by atoms with Crippen molar-refractivity contribution >= 4 is 5.97 Å². The fourth-order valence-corrected chi connectivity index (χ4v) is 2.39. The van der Waals surface area contributed by atoms with Crippen molar-refractivity contribution in [2.45, 2.75) is 53.0 Å². The molecule has 114 valence electrons. The highest BCUT2D eigenvalue weighted by molar-refractivity contribution is 5.77. The van der Waals surface area contributed by atoms with Crippen LogP contribution in [-0.4, -0.2) is 28.9 Å². The van der Waals surface area contributed by atoms with Crippen LogP contribution >= 0.6 is 0 Å². The number of esters is 1. The number of nitrogens with zero attached hydrogens (tertiary/aromatic N) is 2. The van der Waals surface area contributed by atoms with Crippen molar-refractivity contribution in [1.82, 2.24) is 9.78 Å². The van der Waals surface area contributed by atoms with Gasteiger partial charge >= 0.3 is 5.97 Å². The number of aromatic nitrogens is 2. The Balaban J connectivity index is 2.95. The summed E-state index contributed by atoms with van der Waals surface area (Å²) >= 11 is 0. The molecule has 1 heterocycles. The minimum Gasteiger partial charge on any atom is -0.466 e. The Morgan fingerprint density at radius 3 is 2.65 bits per heavy atom. The van der Waals surface area contributed by atoms with E-state index in [1.807, 2.05) is 23.9 Å². The average molecular weight is 281 g/mol. The van der Waals surface area contributed by atoms with Crippen LogP contribution in [0.4, 0.5) is 0 Å². The summed E-state index contributed by atoms with van der Waals surface area (Å²) in [6, 6.07) is 2.27. The molecule has 0 radical (unpaired) electrons. The smallest absolute Gasteiger partial charge is 0.313 e. The lowest BCUT2D eigenvalue weighted by molar-refractivity contribution is -0.155. The van der Waals surface area contributed by atoms with Gasteiger partial charge in [-0.25, -0.2) is 0 Å². The number of carbonyl (C=O) groups excluding carboxylic acids is 1. The van der Waals surface area contributed by atoms with Crippen LogP contribution in [0.5, 0.6) is 0 Å². The van der Waals surface area contributed by atoms with E-state index in [1.54, 1.807) is 0 Å². The van der Waals surface area contributed by atoms with E-state index in [0.717, 1.165) is 18.5 Å². The highest BCUT2D eigenvalue weighted by atomic mass is 16.5. The Bertz CT molecular complexity index is 429.